The quantitative estimate of drug-likeness (QED) is 0.896. The summed E-state index contributed by atoms with van der Waals surface area (Å²) in [5.74, 6) is -0.421. The van der Waals surface area contributed by atoms with Crippen LogP contribution in [0.5, 0.6) is 5.75 Å². The zero-order valence-electron chi connectivity index (χ0n) is 7.98. The second-order valence-electron chi connectivity index (χ2n) is 2.94. The zero-order chi connectivity index (χ0) is 11.5. The first-order valence-corrected chi connectivity index (χ1v) is 5.98. The molecule has 2 N–H and O–H groups in total. The summed E-state index contributed by atoms with van der Waals surface area (Å²) in [7, 11) is 0. The van der Waals surface area contributed by atoms with Crippen molar-refractivity contribution in [1.82, 2.24) is 4.98 Å². The summed E-state index contributed by atoms with van der Waals surface area (Å²) in [4.78, 5) is 15.7. The van der Waals surface area contributed by atoms with Gasteiger partial charge in [0.1, 0.15) is 5.75 Å². The standard InChI is InChI=1S/C10H7BrN2O2S/c11-8-5-12-10(16-8)13-9(15)6-3-1-2-4-7(6)14/h1-5,14H,(H,12,13,15). The van der Waals surface area contributed by atoms with Crippen molar-refractivity contribution in [2.75, 3.05) is 5.32 Å². The fourth-order valence-corrected chi connectivity index (χ4v) is 2.24. The highest BCUT2D eigenvalue weighted by atomic mass is 79.9. The number of amides is 1. The fraction of sp³-hybridized carbons (Fsp3) is 0. The summed E-state index contributed by atoms with van der Waals surface area (Å²) < 4.78 is 0.833. The number of nitrogens with one attached hydrogen (secondary N) is 1. The molecule has 2 rings (SSSR count). The molecule has 2 aromatic rings. The van der Waals surface area contributed by atoms with E-state index in [0.717, 1.165) is 3.79 Å². The van der Waals surface area contributed by atoms with Gasteiger partial charge in [-0.25, -0.2) is 4.98 Å². The molecular formula is C10H7BrN2O2S. The summed E-state index contributed by atoms with van der Waals surface area (Å²) in [6.07, 6.45) is 1.60. The average Bonchev–Trinajstić information content (AvgIpc) is 2.64. The first kappa shape index (κ1) is 11.1. The lowest BCUT2D eigenvalue weighted by atomic mass is 10.2. The van der Waals surface area contributed by atoms with Crippen molar-refractivity contribution in [1.29, 1.82) is 0 Å². The second kappa shape index (κ2) is 4.63. The fourth-order valence-electron chi connectivity index (χ4n) is 1.14. The predicted molar refractivity (Wildman–Crippen MR) is 65.9 cm³/mol. The molecule has 1 amide bonds. The minimum atomic E-state index is -0.375. The van der Waals surface area contributed by atoms with E-state index in [-0.39, 0.29) is 17.2 Å². The van der Waals surface area contributed by atoms with E-state index in [9.17, 15) is 9.90 Å². The van der Waals surface area contributed by atoms with Crippen molar-refractivity contribution in [2.24, 2.45) is 0 Å². The number of benzene rings is 1. The predicted octanol–water partition coefficient (Wildman–Crippen LogP) is 2.86. The lowest BCUT2D eigenvalue weighted by molar-refractivity contribution is 0.102. The number of para-hydroxylation sites is 1. The van der Waals surface area contributed by atoms with Gasteiger partial charge in [-0.15, -0.1) is 0 Å². The number of aromatic hydroxyl groups is 1. The van der Waals surface area contributed by atoms with Crippen molar-refractivity contribution < 1.29 is 9.90 Å². The molecule has 1 aromatic heterocycles. The molecule has 0 aliphatic heterocycles. The third kappa shape index (κ3) is 2.40. The third-order valence-electron chi connectivity index (χ3n) is 1.85. The number of rotatable bonds is 2. The smallest absolute Gasteiger partial charge is 0.261 e. The number of halogens is 1. The van der Waals surface area contributed by atoms with Gasteiger partial charge in [-0.1, -0.05) is 23.5 Å². The van der Waals surface area contributed by atoms with E-state index in [1.54, 1.807) is 24.4 Å². The average molecular weight is 299 g/mol. The van der Waals surface area contributed by atoms with Crippen LogP contribution in [0.2, 0.25) is 0 Å². The van der Waals surface area contributed by atoms with Gasteiger partial charge < -0.3 is 5.11 Å². The Balaban J connectivity index is 2.18. The van der Waals surface area contributed by atoms with E-state index >= 15 is 0 Å². The molecule has 16 heavy (non-hydrogen) atoms. The van der Waals surface area contributed by atoms with E-state index < -0.39 is 0 Å². The SMILES string of the molecule is O=C(Nc1ncc(Br)s1)c1ccccc1O. The van der Waals surface area contributed by atoms with Gasteiger partial charge in [-0.05, 0) is 28.1 Å². The maximum Gasteiger partial charge on any atom is 0.261 e. The van der Waals surface area contributed by atoms with Gasteiger partial charge in [0.15, 0.2) is 5.13 Å². The van der Waals surface area contributed by atoms with Crippen molar-refractivity contribution in [2.45, 2.75) is 0 Å². The second-order valence-corrected chi connectivity index (χ2v) is 5.35. The summed E-state index contributed by atoms with van der Waals surface area (Å²) in [5, 5.41) is 12.6. The van der Waals surface area contributed by atoms with Gasteiger partial charge in [-0.3, -0.25) is 10.1 Å². The van der Waals surface area contributed by atoms with Crippen molar-refractivity contribution in [3.63, 3.8) is 0 Å². The maximum atomic E-state index is 11.7. The Kier molecular flexibility index (Phi) is 3.21. The molecule has 1 aromatic carbocycles. The molecule has 1 heterocycles. The van der Waals surface area contributed by atoms with Crippen LogP contribution in [-0.4, -0.2) is 16.0 Å². The molecular weight excluding hydrogens is 292 g/mol. The van der Waals surface area contributed by atoms with Gasteiger partial charge in [0.25, 0.3) is 5.91 Å². The van der Waals surface area contributed by atoms with E-state index in [4.69, 9.17) is 0 Å². The summed E-state index contributed by atoms with van der Waals surface area (Å²) in [6.45, 7) is 0. The number of hydrogen-bond acceptors (Lipinski definition) is 4. The van der Waals surface area contributed by atoms with Crippen LogP contribution in [-0.2, 0) is 0 Å². The first-order chi connectivity index (χ1) is 7.66. The summed E-state index contributed by atoms with van der Waals surface area (Å²) in [6, 6.07) is 6.36. The van der Waals surface area contributed by atoms with E-state index in [1.807, 2.05) is 0 Å². The molecule has 4 nitrogen and oxygen atoms in total. The molecule has 0 spiro atoms. The third-order valence-corrected chi connectivity index (χ3v) is 3.24. The highest BCUT2D eigenvalue weighted by molar-refractivity contribution is 9.11. The minimum Gasteiger partial charge on any atom is -0.507 e. The highest BCUT2D eigenvalue weighted by Gasteiger charge is 2.11. The maximum absolute atomic E-state index is 11.7. The number of phenols is 1. The molecule has 0 aliphatic rings. The van der Waals surface area contributed by atoms with Crippen LogP contribution in [0.1, 0.15) is 10.4 Å². The molecule has 0 unspecified atom stereocenters. The summed E-state index contributed by atoms with van der Waals surface area (Å²) >= 11 is 4.56. The van der Waals surface area contributed by atoms with Crippen LogP contribution in [0.15, 0.2) is 34.2 Å². The molecule has 0 atom stereocenters. The van der Waals surface area contributed by atoms with Crippen LogP contribution in [0.25, 0.3) is 0 Å². The minimum absolute atomic E-state index is 0.0457. The van der Waals surface area contributed by atoms with Crippen LogP contribution in [0, 0.1) is 0 Å². The van der Waals surface area contributed by atoms with Gasteiger partial charge in [0, 0.05) is 0 Å². The monoisotopic (exact) mass is 298 g/mol. The van der Waals surface area contributed by atoms with Crippen LogP contribution in [0.3, 0.4) is 0 Å². The molecule has 6 heteroatoms. The van der Waals surface area contributed by atoms with Gasteiger partial charge in [0.05, 0.1) is 15.5 Å². The van der Waals surface area contributed by atoms with E-state index in [2.05, 4.69) is 26.2 Å². The van der Waals surface area contributed by atoms with Crippen LogP contribution < -0.4 is 5.32 Å². The molecule has 0 saturated carbocycles. The Hall–Kier alpha value is -1.40. The normalized spacial score (nSPS) is 10.1. The Morgan fingerprint density at radius 2 is 2.19 bits per heavy atom. The molecule has 0 saturated heterocycles. The number of thiazole rings is 1. The Morgan fingerprint density at radius 1 is 1.44 bits per heavy atom. The number of carbonyl (C=O) groups is 1. The Labute approximate surface area is 104 Å². The zero-order valence-corrected chi connectivity index (χ0v) is 10.4. The number of nitrogens with zero attached hydrogens (tertiary/aromatic N) is 1. The van der Waals surface area contributed by atoms with Crippen molar-refractivity contribution >= 4 is 38.3 Å². The highest BCUT2D eigenvalue weighted by Crippen LogP contribution is 2.24. The lowest BCUT2D eigenvalue weighted by Crippen LogP contribution is -2.11. The molecule has 0 bridgehead atoms. The van der Waals surface area contributed by atoms with Gasteiger partial charge in [-0.2, -0.15) is 0 Å². The van der Waals surface area contributed by atoms with Crippen molar-refractivity contribution in [3.8, 4) is 5.75 Å². The number of hydrogen-bond donors (Lipinski definition) is 2. The van der Waals surface area contributed by atoms with E-state index in [0.29, 0.717) is 5.13 Å². The summed E-state index contributed by atoms with van der Waals surface area (Å²) in [5.41, 5.74) is 0.230. The van der Waals surface area contributed by atoms with Gasteiger partial charge in [0.2, 0.25) is 0 Å². The Morgan fingerprint density at radius 3 is 2.81 bits per heavy atom. The lowest BCUT2D eigenvalue weighted by Gasteiger charge is -2.03. The largest absolute Gasteiger partial charge is 0.507 e. The van der Waals surface area contributed by atoms with Crippen LogP contribution >= 0.6 is 27.3 Å². The Bertz CT molecular complexity index is 527. The molecule has 0 fully saturated rings. The molecule has 0 radical (unpaired) electrons. The van der Waals surface area contributed by atoms with Crippen LogP contribution in [0.4, 0.5) is 5.13 Å². The number of phenolic OH excluding ortho intramolecular Hbond substituents is 1. The van der Waals surface area contributed by atoms with Gasteiger partial charge >= 0.3 is 0 Å². The van der Waals surface area contributed by atoms with Crippen molar-refractivity contribution in [3.05, 3.63) is 39.8 Å². The van der Waals surface area contributed by atoms with E-state index in [1.165, 1.54) is 17.4 Å². The topological polar surface area (TPSA) is 62.2 Å². The molecule has 0 aliphatic carbocycles. The molecule has 82 valence electrons. The number of aromatic nitrogens is 1. The number of anilines is 1. The first-order valence-electron chi connectivity index (χ1n) is 4.37. The number of carbonyl (C=O) groups excluding carboxylic acids is 1.